The number of fused-ring (bicyclic) bond motifs is 2. The molecule has 5 rings (SSSR count). The topological polar surface area (TPSA) is 31.2 Å². The zero-order valence-electron chi connectivity index (χ0n) is 18.0. The first-order chi connectivity index (χ1) is 15.7. The Hall–Kier alpha value is -2.56. The Balaban J connectivity index is 1.18. The Kier molecular flexibility index (Phi) is 6.33. The molecule has 164 valence electrons. The summed E-state index contributed by atoms with van der Waals surface area (Å²) in [6, 6.07) is 16.7. The van der Waals surface area contributed by atoms with Gasteiger partial charge < -0.3 is 0 Å². The lowest BCUT2D eigenvalue weighted by Gasteiger charge is -2.31. The van der Waals surface area contributed by atoms with Crippen LogP contribution in [0.5, 0.6) is 0 Å². The highest BCUT2D eigenvalue weighted by atomic mass is 35.5. The molecular weight excluding hydrogens is 439 g/mol. The van der Waals surface area contributed by atoms with Crippen LogP contribution < -0.4 is 0 Å². The van der Waals surface area contributed by atoms with Gasteiger partial charge >= 0.3 is 0 Å². The molecule has 0 spiro atoms. The summed E-state index contributed by atoms with van der Waals surface area (Å²) in [5.41, 5.74) is 7.14. The first kappa shape index (κ1) is 21.3. The van der Waals surface area contributed by atoms with Crippen molar-refractivity contribution in [2.75, 3.05) is 26.2 Å². The average Bonchev–Trinajstić information content (AvgIpc) is 2.84. The molecular formula is C26H26Cl2N4. The lowest BCUT2D eigenvalue weighted by Crippen LogP contribution is -2.41. The largest absolute Gasteiger partial charge is 0.293 e. The predicted octanol–water partition coefficient (Wildman–Crippen LogP) is 5.77. The molecule has 1 fully saturated rings. The number of hydrogen-bond acceptors (Lipinski definition) is 4. The van der Waals surface area contributed by atoms with Gasteiger partial charge in [-0.15, -0.1) is 0 Å². The van der Waals surface area contributed by atoms with Crippen molar-refractivity contribution < 1.29 is 0 Å². The fourth-order valence-corrected chi connectivity index (χ4v) is 5.13. The summed E-state index contributed by atoms with van der Waals surface area (Å²) >= 11 is 13.3. The molecule has 1 heterocycles. The number of hydrogen-bond donors (Lipinski definition) is 0. The number of allylic oxidation sites excluding steroid dienone is 2. The first-order valence-electron chi connectivity index (χ1n) is 11.2. The van der Waals surface area contributed by atoms with Gasteiger partial charge in [-0.2, -0.15) is 10.2 Å². The molecule has 1 saturated heterocycles. The molecule has 0 saturated carbocycles. The second-order valence-corrected chi connectivity index (χ2v) is 9.15. The van der Waals surface area contributed by atoms with Crippen molar-refractivity contribution in [2.24, 2.45) is 10.2 Å². The van der Waals surface area contributed by atoms with Gasteiger partial charge in [-0.25, -0.2) is 0 Å². The molecule has 0 N–H and O–H groups in total. The van der Waals surface area contributed by atoms with E-state index < -0.39 is 0 Å². The smallest absolute Gasteiger partial charge is 0.0553 e. The third-order valence-corrected chi connectivity index (χ3v) is 7.28. The maximum atomic E-state index is 6.64. The lowest BCUT2D eigenvalue weighted by molar-refractivity contribution is 0.141. The molecule has 6 heteroatoms. The lowest BCUT2D eigenvalue weighted by atomic mass is 9.92. The predicted molar refractivity (Wildman–Crippen MR) is 135 cm³/mol. The van der Waals surface area contributed by atoms with Crippen LogP contribution in [-0.2, 0) is 12.8 Å². The number of benzene rings is 2. The Morgan fingerprint density at radius 2 is 1.00 bits per heavy atom. The Morgan fingerprint density at radius 1 is 0.594 bits per heavy atom. The molecule has 2 aromatic rings. The van der Waals surface area contributed by atoms with Crippen LogP contribution in [-0.4, -0.2) is 48.6 Å². The van der Waals surface area contributed by atoms with Gasteiger partial charge in [-0.1, -0.05) is 71.7 Å². The average molecular weight is 465 g/mol. The molecule has 3 aliphatic rings. The summed E-state index contributed by atoms with van der Waals surface area (Å²) in [5.74, 6) is 0. The van der Waals surface area contributed by atoms with E-state index in [0.717, 1.165) is 84.2 Å². The standard InChI is InChI=1S/C26H26Cl2N4/c27-25-21(11-9-19-5-1-3-7-23(19)25)17-29-31-13-15-32(16-14-31)30-18-22-12-10-20-6-2-4-8-24(20)26(22)28/h1-8,17-18H,9-16H2/b29-17+,30-18+. The van der Waals surface area contributed by atoms with Crippen molar-refractivity contribution in [3.63, 3.8) is 0 Å². The summed E-state index contributed by atoms with van der Waals surface area (Å²) < 4.78 is 0. The number of halogens is 2. The third-order valence-electron chi connectivity index (χ3n) is 6.39. The fraction of sp³-hybridized carbons (Fsp3) is 0.308. The van der Waals surface area contributed by atoms with E-state index in [1.807, 2.05) is 24.6 Å². The van der Waals surface area contributed by atoms with Crippen LogP contribution in [0.4, 0.5) is 0 Å². The number of aryl methyl sites for hydroxylation is 2. The van der Waals surface area contributed by atoms with E-state index in [-0.39, 0.29) is 0 Å². The first-order valence-corrected chi connectivity index (χ1v) is 12.0. The van der Waals surface area contributed by atoms with Crippen LogP contribution in [0.15, 0.2) is 69.9 Å². The van der Waals surface area contributed by atoms with E-state index in [0.29, 0.717) is 0 Å². The van der Waals surface area contributed by atoms with Gasteiger partial charge in [0.15, 0.2) is 0 Å². The minimum absolute atomic E-state index is 0.832. The Morgan fingerprint density at radius 3 is 1.44 bits per heavy atom. The van der Waals surface area contributed by atoms with E-state index in [1.54, 1.807) is 0 Å². The van der Waals surface area contributed by atoms with E-state index in [9.17, 15) is 0 Å². The van der Waals surface area contributed by atoms with Crippen LogP contribution in [0, 0.1) is 0 Å². The van der Waals surface area contributed by atoms with Crippen LogP contribution >= 0.6 is 23.2 Å². The summed E-state index contributed by atoms with van der Waals surface area (Å²) in [4.78, 5) is 0. The van der Waals surface area contributed by atoms with Gasteiger partial charge in [-0.3, -0.25) is 10.0 Å². The molecule has 0 atom stereocenters. The number of rotatable bonds is 4. The van der Waals surface area contributed by atoms with Crippen molar-refractivity contribution in [1.29, 1.82) is 0 Å². The third kappa shape index (κ3) is 4.48. The van der Waals surface area contributed by atoms with Gasteiger partial charge in [-0.05, 0) is 59.1 Å². The van der Waals surface area contributed by atoms with Crippen LogP contribution in [0.25, 0.3) is 10.1 Å². The summed E-state index contributed by atoms with van der Waals surface area (Å²) in [6.07, 6.45) is 7.78. The second kappa shape index (κ2) is 9.51. The molecule has 1 aliphatic heterocycles. The molecule has 0 bridgehead atoms. The minimum Gasteiger partial charge on any atom is -0.293 e. The quantitative estimate of drug-likeness (QED) is 0.537. The zero-order valence-corrected chi connectivity index (χ0v) is 19.5. The molecule has 0 radical (unpaired) electrons. The minimum atomic E-state index is 0.832. The summed E-state index contributed by atoms with van der Waals surface area (Å²) in [5, 5.41) is 15.3. The SMILES string of the molecule is ClC1=C(/C=N/N2CCN(/N=C/C3=C(Cl)c4ccccc4CC3)CC2)CCc2ccccc21. The molecule has 2 aliphatic carbocycles. The van der Waals surface area contributed by atoms with Gasteiger partial charge in [0.1, 0.15) is 0 Å². The number of piperazine rings is 1. The summed E-state index contributed by atoms with van der Waals surface area (Å²) in [6.45, 7) is 3.35. The van der Waals surface area contributed by atoms with Crippen molar-refractivity contribution >= 4 is 45.7 Å². The highest BCUT2D eigenvalue weighted by Gasteiger charge is 2.19. The molecule has 0 aromatic heterocycles. The fourth-order valence-electron chi connectivity index (χ4n) is 4.47. The van der Waals surface area contributed by atoms with Crippen molar-refractivity contribution in [3.05, 3.63) is 81.9 Å². The van der Waals surface area contributed by atoms with E-state index >= 15 is 0 Å². The number of hydrazone groups is 2. The Bertz CT molecular complexity index is 1030. The highest BCUT2D eigenvalue weighted by molar-refractivity contribution is 6.51. The normalized spacial score (nSPS) is 19.2. The molecule has 4 nitrogen and oxygen atoms in total. The zero-order chi connectivity index (χ0) is 21.9. The molecule has 2 aromatic carbocycles. The second-order valence-electron chi connectivity index (χ2n) is 8.39. The molecule has 0 unspecified atom stereocenters. The molecule has 32 heavy (non-hydrogen) atoms. The van der Waals surface area contributed by atoms with Crippen molar-refractivity contribution in [1.82, 2.24) is 10.0 Å². The molecule has 0 amide bonds. The van der Waals surface area contributed by atoms with Gasteiger partial charge in [0.25, 0.3) is 0 Å². The van der Waals surface area contributed by atoms with Crippen LogP contribution in [0.3, 0.4) is 0 Å². The van der Waals surface area contributed by atoms with Crippen molar-refractivity contribution in [2.45, 2.75) is 25.7 Å². The van der Waals surface area contributed by atoms with Crippen LogP contribution in [0.1, 0.15) is 35.1 Å². The van der Waals surface area contributed by atoms with E-state index in [4.69, 9.17) is 33.4 Å². The van der Waals surface area contributed by atoms with Crippen molar-refractivity contribution in [3.8, 4) is 0 Å². The Labute approximate surface area is 199 Å². The van der Waals surface area contributed by atoms with Gasteiger partial charge in [0, 0.05) is 0 Å². The van der Waals surface area contributed by atoms with E-state index in [2.05, 4.69) is 46.4 Å². The monoisotopic (exact) mass is 464 g/mol. The van der Waals surface area contributed by atoms with Gasteiger partial charge in [0.2, 0.25) is 0 Å². The maximum absolute atomic E-state index is 6.64. The van der Waals surface area contributed by atoms with Crippen LogP contribution in [0.2, 0.25) is 0 Å². The maximum Gasteiger partial charge on any atom is 0.0553 e. The van der Waals surface area contributed by atoms with Gasteiger partial charge in [0.05, 0.1) is 48.7 Å². The van der Waals surface area contributed by atoms with E-state index in [1.165, 1.54) is 11.1 Å². The number of nitrogens with zero attached hydrogens (tertiary/aromatic N) is 4. The summed E-state index contributed by atoms with van der Waals surface area (Å²) in [7, 11) is 0. The highest BCUT2D eigenvalue weighted by Crippen LogP contribution is 2.34.